The highest BCUT2D eigenvalue weighted by Gasteiger charge is 1.99. The molecule has 0 aliphatic carbocycles. The normalized spacial score (nSPS) is 9.86. The van der Waals surface area contributed by atoms with Crippen LogP contribution in [-0.4, -0.2) is 15.0 Å². The summed E-state index contributed by atoms with van der Waals surface area (Å²) >= 11 is 0. The Morgan fingerprint density at radius 3 is 2.52 bits per heavy atom. The van der Waals surface area contributed by atoms with E-state index in [1.54, 1.807) is 12.4 Å². The Balaban J connectivity index is 0.000000497. The first-order chi connectivity index (χ1) is 10.2. The SMILES string of the molecule is CCC.Cc1cc(Nc2ccc3ncccc3n2)ccn1. The van der Waals surface area contributed by atoms with Crippen LogP contribution in [0.2, 0.25) is 0 Å². The van der Waals surface area contributed by atoms with E-state index < -0.39 is 0 Å². The monoisotopic (exact) mass is 280 g/mol. The van der Waals surface area contributed by atoms with Crippen LogP contribution in [0.4, 0.5) is 11.5 Å². The molecule has 3 aromatic heterocycles. The highest BCUT2D eigenvalue weighted by atomic mass is 15.0. The van der Waals surface area contributed by atoms with E-state index in [0.717, 1.165) is 28.2 Å². The number of aromatic nitrogens is 3. The molecule has 3 rings (SSSR count). The standard InChI is InChI=1S/C14H12N4.C3H8/c1-10-9-11(6-8-15-10)17-14-5-4-12-13(18-14)3-2-7-16-12;1-3-2/h2-9H,1H3,(H,15,17,18);3H2,1-2H3. The van der Waals surface area contributed by atoms with Crippen LogP contribution >= 0.6 is 0 Å². The lowest BCUT2D eigenvalue weighted by atomic mass is 10.3. The molecule has 3 heterocycles. The Morgan fingerprint density at radius 2 is 1.76 bits per heavy atom. The zero-order valence-electron chi connectivity index (χ0n) is 12.7. The molecule has 0 unspecified atom stereocenters. The third kappa shape index (κ3) is 4.24. The van der Waals surface area contributed by atoms with Gasteiger partial charge in [-0.25, -0.2) is 4.98 Å². The first kappa shape index (κ1) is 14.9. The number of anilines is 2. The van der Waals surface area contributed by atoms with Gasteiger partial charge in [-0.2, -0.15) is 0 Å². The van der Waals surface area contributed by atoms with Crippen molar-refractivity contribution in [3.05, 3.63) is 54.5 Å². The molecule has 0 saturated heterocycles. The second kappa shape index (κ2) is 7.33. The maximum absolute atomic E-state index is 4.51. The molecule has 1 N–H and O–H groups in total. The zero-order chi connectivity index (χ0) is 15.1. The fraction of sp³-hybridized carbons (Fsp3) is 0.235. The molecule has 0 saturated carbocycles. The Morgan fingerprint density at radius 1 is 0.952 bits per heavy atom. The van der Waals surface area contributed by atoms with Crippen molar-refractivity contribution in [2.45, 2.75) is 27.2 Å². The summed E-state index contributed by atoms with van der Waals surface area (Å²) in [7, 11) is 0. The number of hydrogen-bond acceptors (Lipinski definition) is 4. The Bertz CT molecular complexity index is 710. The lowest BCUT2D eigenvalue weighted by Crippen LogP contribution is -1.95. The van der Waals surface area contributed by atoms with Gasteiger partial charge >= 0.3 is 0 Å². The minimum absolute atomic E-state index is 0.807. The van der Waals surface area contributed by atoms with E-state index >= 15 is 0 Å². The number of aryl methyl sites for hydroxylation is 1. The van der Waals surface area contributed by atoms with E-state index in [1.807, 2.05) is 43.3 Å². The summed E-state index contributed by atoms with van der Waals surface area (Å²) in [4.78, 5) is 12.9. The molecule has 108 valence electrons. The van der Waals surface area contributed by atoms with Gasteiger partial charge in [-0.05, 0) is 43.3 Å². The summed E-state index contributed by atoms with van der Waals surface area (Å²) in [6, 6.07) is 11.6. The molecule has 0 aliphatic heterocycles. The quantitative estimate of drug-likeness (QED) is 0.751. The number of nitrogens with one attached hydrogen (secondary N) is 1. The topological polar surface area (TPSA) is 50.7 Å². The molecule has 0 bridgehead atoms. The number of fused-ring (bicyclic) bond motifs is 1. The third-order valence-electron chi connectivity index (χ3n) is 2.63. The van der Waals surface area contributed by atoms with Gasteiger partial charge in [0, 0.05) is 23.8 Å². The van der Waals surface area contributed by atoms with Crippen LogP contribution in [0.15, 0.2) is 48.8 Å². The first-order valence-electron chi connectivity index (χ1n) is 7.14. The highest BCUT2D eigenvalue weighted by molar-refractivity contribution is 5.76. The Hall–Kier alpha value is -2.49. The largest absolute Gasteiger partial charge is 0.340 e. The van der Waals surface area contributed by atoms with Crippen molar-refractivity contribution in [1.29, 1.82) is 0 Å². The van der Waals surface area contributed by atoms with Crippen LogP contribution in [0.25, 0.3) is 11.0 Å². The fourth-order valence-electron chi connectivity index (χ4n) is 1.80. The predicted molar refractivity (Wildman–Crippen MR) is 87.8 cm³/mol. The average molecular weight is 280 g/mol. The van der Waals surface area contributed by atoms with Crippen molar-refractivity contribution in [3.8, 4) is 0 Å². The molecule has 0 amide bonds. The van der Waals surface area contributed by atoms with Gasteiger partial charge in [0.05, 0.1) is 11.0 Å². The van der Waals surface area contributed by atoms with E-state index in [9.17, 15) is 0 Å². The molecule has 0 aromatic carbocycles. The van der Waals surface area contributed by atoms with Crippen LogP contribution < -0.4 is 5.32 Å². The van der Waals surface area contributed by atoms with Crippen LogP contribution in [-0.2, 0) is 0 Å². The van der Waals surface area contributed by atoms with Gasteiger partial charge in [-0.15, -0.1) is 0 Å². The molecule has 0 fully saturated rings. The molecule has 4 heteroatoms. The van der Waals surface area contributed by atoms with Gasteiger partial charge in [0.1, 0.15) is 5.82 Å². The van der Waals surface area contributed by atoms with Gasteiger partial charge in [-0.3, -0.25) is 9.97 Å². The van der Waals surface area contributed by atoms with Crippen LogP contribution in [0.1, 0.15) is 26.0 Å². The highest BCUT2D eigenvalue weighted by Crippen LogP contribution is 2.17. The minimum Gasteiger partial charge on any atom is -0.340 e. The van der Waals surface area contributed by atoms with Crippen LogP contribution in [0.3, 0.4) is 0 Å². The summed E-state index contributed by atoms with van der Waals surface area (Å²) in [6.45, 7) is 6.21. The van der Waals surface area contributed by atoms with Crippen molar-refractivity contribution < 1.29 is 0 Å². The van der Waals surface area contributed by atoms with Crippen LogP contribution in [0.5, 0.6) is 0 Å². The maximum Gasteiger partial charge on any atom is 0.131 e. The summed E-state index contributed by atoms with van der Waals surface area (Å²) in [5, 5.41) is 3.26. The summed E-state index contributed by atoms with van der Waals surface area (Å²) in [6.07, 6.45) is 4.80. The lowest BCUT2D eigenvalue weighted by molar-refractivity contribution is 1.09. The molecular weight excluding hydrogens is 260 g/mol. The van der Waals surface area contributed by atoms with Gasteiger partial charge < -0.3 is 5.32 Å². The maximum atomic E-state index is 4.51. The van der Waals surface area contributed by atoms with E-state index in [4.69, 9.17) is 0 Å². The number of nitrogens with zero attached hydrogens (tertiary/aromatic N) is 3. The predicted octanol–water partition coefficient (Wildman–Crippen LogP) is 4.49. The average Bonchev–Trinajstić information content (AvgIpc) is 2.48. The van der Waals surface area contributed by atoms with Crippen molar-refractivity contribution >= 4 is 22.5 Å². The van der Waals surface area contributed by atoms with Crippen molar-refractivity contribution in [3.63, 3.8) is 0 Å². The van der Waals surface area contributed by atoms with E-state index in [2.05, 4.69) is 34.1 Å². The summed E-state index contributed by atoms with van der Waals surface area (Å²) < 4.78 is 0. The second-order valence-corrected chi connectivity index (χ2v) is 4.76. The summed E-state index contributed by atoms with van der Waals surface area (Å²) in [5.41, 5.74) is 3.74. The third-order valence-corrected chi connectivity index (χ3v) is 2.63. The molecule has 0 spiro atoms. The molecule has 0 aliphatic rings. The van der Waals surface area contributed by atoms with E-state index in [1.165, 1.54) is 6.42 Å². The Kier molecular flexibility index (Phi) is 5.21. The Labute approximate surface area is 125 Å². The van der Waals surface area contributed by atoms with Gasteiger partial charge in [-0.1, -0.05) is 20.3 Å². The first-order valence-corrected chi connectivity index (χ1v) is 7.14. The van der Waals surface area contributed by atoms with Crippen molar-refractivity contribution in [2.24, 2.45) is 0 Å². The molecular formula is C17H20N4. The summed E-state index contributed by atoms with van der Waals surface area (Å²) in [5.74, 6) is 0.807. The number of rotatable bonds is 2. The number of hydrogen-bond donors (Lipinski definition) is 1. The smallest absolute Gasteiger partial charge is 0.131 e. The molecule has 0 atom stereocenters. The van der Waals surface area contributed by atoms with E-state index in [-0.39, 0.29) is 0 Å². The van der Waals surface area contributed by atoms with Gasteiger partial charge in [0.2, 0.25) is 0 Å². The van der Waals surface area contributed by atoms with Crippen molar-refractivity contribution in [1.82, 2.24) is 15.0 Å². The molecule has 0 radical (unpaired) electrons. The van der Waals surface area contributed by atoms with Gasteiger partial charge in [0.25, 0.3) is 0 Å². The molecule has 3 aromatic rings. The van der Waals surface area contributed by atoms with Crippen molar-refractivity contribution in [2.75, 3.05) is 5.32 Å². The molecule has 21 heavy (non-hydrogen) atoms. The van der Waals surface area contributed by atoms with Crippen LogP contribution in [0, 0.1) is 6.92 Å². The number of pyridine rings is 3. The van der Waals surface area contributed by atoms with E-state index in [0.29, 0.717) is 0 Å². The molecule has 4 nitrogen and oxygen atoms in total. The lowest BCUT2D eigenvalue weighted by Gasteiger charge is -2.06. The van der Waals surface area contributed by atoms with Gasteiger partial charge in [0.15, 0.2) is 0 Å². The minimum atomic E-state index is 0.807. The fourth-order valence-corrected chi connectivity index (χ4v) is 1.80. The second-order valence-electron chi connectivity index (χ2n) is 4.76. The zero-order valence-corrected chi connectivity index (χ0v) is 12.7.